The van der Waals surface area contributed by atoms with Crippen LogP contribution in [-0.4, -0.2) is 25.4 Å². The highest BCUT2D eigenvalue weighted by Crippen LogP contribution is 2.34. The van der Waals surface area contributed by atoms with E-state index in [0.717, 1.165) is 26.9 Å². The third-order valence-electron chi connectivity index (χ3n) is 5.23. The summed E-state index contributed by atoms with van der Waals surface area (Å²) in [5, 5.41) is 12.2. The standard InChI is InChI=1S/C26H28BrNO2/c1-18-14-22(17-28-12-13-29)26(30-3)16-24(18)25(27)15-21-10-7-11-23(19(21)2)20-8-5-4-6-9-20/h4-11,14-16,28-29H,12-13,17H2,1-3H3/b25-15-. The lowest BCUT2D eigenvalue weighted by molar-refractivity contribution is 0.291. The fourth-order valence-electron chi connectivity index (χ4n) is 3.59. The summed E-state index contributed by atoms with van der Waals surface area (Å²) in [6.45, 7) is 5.61. The van der Waals surface area contributed by atoms with Crippen molar-refractivity contribution in [2.75, 3.05) is 20.3 Å². The SMILES string of the molecule is COc1cc(/C(Br)=C/c2cccc(-c3ccccc3)c2C)c(C)cc1CNCCO. The van der Waals surface area contributed by atoms with Gasteiger partial charge in [-0.25, -0.2) is 0 Å². The Labute approximate surface area is 187 Å². The molecular formula is C26H28BrNO2. The van der Waals surface area contributed by atoms with Crippen molar-refractivity contribution in [1.29, 1.82) is 0 Å². The average molecular weight is 466 g/mol. The Hall–Kier alpha value is -2.40. The van der Waals surface area contributed by atoms with Crippen molar-refractivity contribution >= 4 is 26.5 Å². The van der Waals surface area contributed by atoms with Crippen LogP contribution in [0.3, 0.4) is 0 Å². The van der Waals surface area contributed by atoms with Gasteiger partial charge < -0.3 is 15.2 Å². The van der Waals surface area contributed by atoms with Crippen molar-refractivity contribution in [2.24, 2.45) is 0 Å². The van der Waals surface area contributed by atoms with Gasteiger partial charge in [-0.2, -0.15) is 0 Å². The first-order valence-electron chi connectivity index (χ1n) is 10.1. The average Bonchev–Trinajstić information content (AvgIpc) is 2.76. The molecule has 3 nitrogen and oxygen atoms in total. The minimum absolute atomic E-state index is 0.120. The first-order valence-corrected chi connectivity index (χ1v) is 10.9. The zero-order valence-electron chi connectivity index (χ0n) is 17.7. The second kappa shape index (κ2) is 10.6. The Morgan fingerprint density at radius 2 is 1.83 bits per heavy atom. The molecule has 2 N–H and O–H groups in total. The summed E-state index contributed by atoms with van der Waals surface area (Å²) >= 11 is 3.80. The van der Waals surface area contributed by atoms with Gasteiger partial charge in [-0.05, 0) is 59.4 Å². The van der Waals surface area contributed by atoms with Crippen molar-refractivity contribution in [2.45, 2.75) is 20.4 Å². The summed E-state index contributed by atoms with van der Waals surface area (Å²) < 4.78 is 6.64. The van der Waals surface area contributed by atoms with Crippen LogP contribution in [0, 0.1) is 13.8 Å². The van der Waals surface area contributed by atoms with Crippen LogP contribution in [0.15, 0.2) is 60.7 Å². The number of benzene rings is 3. The first-order chi connectivity index (χ1) is 14.5. The number of halogens is 1. The van der Waals surface area contributed by atoms with Gasteiger partial charge in [-0.15, -0.1) is 0 Å². The number of aliphatic hydroxyl groups is 1. The molecule has 0 fully saturated rings. The number of aliphatic hydroxyl groups excluding tert-OH is 1. The maximum absolute atomic E-state index is 8.99. The van der Waals surface area contributed by atoms with Crippen molar-refractivity contribution in [3.05, 3.63) is 88.5 Å². The lowest BCUT2D eigenvalue weighted by atomic mass is 9.95. The highest BCUT2D eigenvalue weighted by Gasteiger charge is 2.11. The predicted molar refractivity (Wildman–Crippen MR) is 130 cm³/mol. The minimum atomic E-state index is 0.120. The van der Waals surface area contributed by atoms with Gasteiger partial charge in [0.2, 0.25) is 0 Å². The molecule has 0 radical (unpaired) electrons. The molecule has 0 saturated carbocycles. The van der Waals surface area contributed by atoms with Crippen molar-refractivity contribution in [3.63, 3.8) is 0 Å². The van der Waals surface area contributed by atoms with Gasteiger partial charge in [0.25, 0.3) is 0 Å². The highest BCUT2D eigenvalue weighted by atomic mass is 79.9. The van der Waals surface area contributed by atoms with Crippen LogP contribution in [0.1, 0.15) is 27.8 Å². The molecule has 3 aromatic carbocycles. The Morgan fingerprint density at radius 1 is 1.07 bits per heavy atom. The molecule has 0 unspecified atom stereocenters. The Bertz CT molecular complexity index is 1030. The molecule has 0 aliphatic rings. The van der Waals surface area contributed by atoms with Gasteiger partial charge in [-0.3, -0.25) is 0 Å². The number of hydrogen-bond acceptors (Lipinski definition) is 3. The van der Waals surface area contributed by atoms with E-state index >= 15 is 0 Å². The number of methoxy groups -OCH3 is 1. The summed E-state index contributed by atoms with van der Waals surface area (Å²) in [6.07, 6.45) is 2.17. The molecule has 3 aromatic rings. The molecule has 0 atom stereocenters. The van der Waals surface area contributed by atoms with Gasteiger partial charge in [0.05, 0.1) is 13.7 Å². The number of rotatable bonds is 8. The fraction of sp³-hybridized carbons (Fsp3) is 0.231. The molecule has 0 spiro atoms. The molecular weight excluding hydrogens is 438 g/mol. The second-order valence-corrected chi connectivity index (χ2v) is 8.11. The lowest BCUT2D eigenvalue weighted by Gasteiger charge is -2.15. The minimum Gasteiger partial charge on any atom is -0.496 e. The van der Waals surface area contributed by atoms with Crippen molar-refractivity contribution in [1.82, 2.24) is 5.32 Å². The quantitative estimate of drug-likeness (QED) is 0.318. The largest absolute Gasteiger partial charge is 0.496 e. The van der Waals surface area contributed by atoms with Gasteiger partial charge in [0.15, 0.2) is 0 Å². The van der Waals surface area contributed by atoms with Crippen LogP contribution in [0.2, 0.25) is 0 Å². The normalized spacial score (nSPS) is 11.6. The molecule has 30 heavy (non-hydrogen) atoms. The molecule has 0 amide bonds. The molecule has 0 aliphatic heterocycles. The van der Waals surface area contributed by atoms with E-state index in [9.17, 15) is 0 Å². The smallest absolute Gasteiger partial charge is 0.124 e. The van der Waals surface area contributed by atoms with Crippen molar-refractivity contribution < 1.29 is 9.84 Å². The Morgan fingerprint density at radius 3 is 2.53 bits per heavy atom. The van der Waals surface area contributed by atoms with E-state index in [1.165, 1.54) is 22.3 Å². The van der Waals surface area contributed by atoms with E-state index < -0.39 is 0 Å². The zero-order chi connectivity index (χ0) is 21.5. The molecule has 0 saturated heterocycles. The fourth-order valence-corrected chi connectivity index (χ4v) is 4.26. The summed E-state index contributed by atoms with van der Waals surface area (Å²) in [5.41, 5.74) is 8.22. The third-order valence-corrected chi connectivity index (χ3v) is 5.89. The monoisotopic (exact) mass is 465 g/mol. The molecule has 0 aliphatic carbocycles. The maximum Gasteiger partial charge on any atom is 0.124 e. The highest BCUT2D eigenvalue weighted by molar-refractivity contribution is 9.15. The second-order valence-electron chi connectivity index (χ2n) is 7.26. The van der Waals surface area contributed by atoms with E-state index in [1.807, 2.05) is 6.07 Å². The molecule has 3 rings (SSSR count). The van der Waals surface area contributed by atoms with E-state index in [1.54, 1.807) is 7.11 Å². The van der Waals surface area contributed by atoms with Gasteiger partial charge in [0, 0.05) is 23.1 Å². The van der Waals surface area contributed by atoms with Gasteiger partial charge in [-0.1, -0.05) is 70.5 Å². The Balaban J connectivity index is 1.96. The lowest BCUT2D eigenvalue weighted by Crippen LogP contribution is -2.18. The van der Waals surface area contributed by atoms with E-state index in [4.69, 9.17) is 9.84 Å². The third kappa shape index (κ3) is 5.20. The number of nitrogens with one attached hydrogen (secondary N) is 1. The van der Waals surface area contributed by atoms with E-state index in [-0.39, 0.29) is 6.61 Å². The van der Waals surface area contributed by atoms with Crippen LogP contribution in [0.5, 0.6) is 5.75 Å². The Kier molecular flexibility index (Phi) is 7.86. The van der Waals surface area contributed by atoms with Crippen LogP contribution in [0.25, 0.3) is 21.7 Å². The molecule has 156 valence electrons. The van der Waals surface area contributed by atoms with Gasteiger partial charge >= 0.3 is 0 Å². The first kappa shape index (κ1) is 22.3. The molecule has 0 aromatic heterocycles. The number of aryl methyl sites for hydroxylation is 1. The molecule has 0 bridgehead atoms. The number of hydrogen-bond donors (Lipinski definition) is 2. The summed E-state index contributed by atoms with van der Waals surface area (Å²) in [7, 11) is 1.69. The summed E-state index contributed by atoms with van der Waals surface area (Å²) in [5.74, 6) is 0.834. The summed E-state index contributed by atoms with van der Waals surface area (Å²) in [6, 6.07) is 21.1. The van der Waals surface area contributed by atoms with Crippen molar-refractivity contribution in [3.8, 4) is 16.9 Å². The van der Waals surface area contributed by atoms with E-state index in [0.29, 0.717) is 13.1 Å². The molecule has 0 heterocycles. The van der Waals surface area contributed by atoms with E-state index in [2.05, 4.69) is 95.8 Å². The maximum atomic E-state index is 8.99. The van der Waals surface area contributed by atoms with Gasteiger partial charge in [0.1, 0.15) is 5.75 Å². The topological polar surface area (TPSA) is 41.5 Å². The van der Waals surface area contributed by atoms with Crippen LogP contribution in [0.4, 0.5) is 0 Å². The predicted octanol–water partition coefficient (Wildman–Crippen LogP) is 5.95. The van der Waals surface area contributed by atoms with Crippen LogP contribution in [-0.2, 0) is 6.54 Å². The zero-order valence-corrected chi connectivity index (χ0v) is 19.3. The number of ether oxygens (including phenoxy) is 1. The van der Waals surface area contributed by atoms with Crippen LogP contribution < -0.4 is 10.1 Å². The van der Waals surface area contributed by atoms with Crippen LogP contribution >= 0.6 is 15.9 Å². The molecule has 4 heteroatoms. The summed E-state index contributed by atoms with van der Waals surface area (Å²) in [4.78, 5) is 0.